The molecule has 1 saturated heterocycles. The summed E-state index contributed by atoms with van der Waals surface area (Å²) in [5.74, 6) is -2.83. The van der Waals surface area contributed by atoms with Crippen LogP contribution in [0, 0.1) is 6.92 Å². The molecule has 1 amide bonds. The lowest BCUT2D eigenvalue weighted by molar-refractivity contribution is 0.0124. The van der Waals surface area contributed by atoms with Gasteiger partial charge in [0.05, 0.1) is 11.6 Å². The molecule has 0 aromatic carbocycles. The van der Waals surface area contributed by atoms with Gasteiger partial charge in [0.15, 0.2) is 0 Å². The smallest absolute Gasteiger partial charge is 0.262 e. The first kappa shape index (κ1) is 14.7. The molecule has 0 saturated carbocycles. The van der Waals surface area contributed by atoms with Gasteiger partial charge < -0.3 is 5.32 Å². The Hall–Kier alpha value is -0.720. The number of amides is 1. The van der Waals surface area contributed by atoms with Crippen LogP contribution in [0.25, 0.3) is 0 Å². The Morgan fingerprint density at radius 1 is 1.63 bits per heavy atom. The second-order valence-corrected chi connectivity index (χ2v) is 6.34. The fourth-order valence-corrected chi connectivity index (χ4v) is 3.29. The molecule has 2 heterocycles. The summed E-state index contributed by atoms with van der Waals surface area (Å²) in [5.41, 5.74) is 0. The Labute approximate surface area is 119 Å². The standard InChI is InChI=1S/C12H15ClF2N2OS/c1-8-6-9(13)10(19-8)11(18)16-3-5-17-4-2-12(14,15)7-17/h6H,2-5,7H2,1H3,(H,16,18). The number of hydrogen-bond donors (Lipinski definition) is 1. The molecule has 1 aliphatic rings. The molecule has 0 atom stereocenters. The molecule has 19 heavy (non-hydrogen) atoms. The molecule has 2 rings (SSSR count). The lowest BCUT2D eigenvalue weighted by Crippen LogP contribution is -2.34. The van der Waals surface area contributed by atoms with Gasteiger partial charge in [-0.1, -0.05) is 11.6 Å². The van der Waals surface area contributed by atoms with Crippen molar-refractivity contribution in [2.75, 3.05) is 26.2 Å². The van der Waals surface area contributed by atoms with Crippen molar-refractivity contribution in [3.63, 3.8) is 0 Å². The molecule has 1 aliphatic heterocycles. The first-order chi connectivity index (χ1) is 8.87. The third-order valence-electron chi connectivity index (χ3n) is 2.98. The lowest BCUT2D eigenvalue weighted by Gasteiger charge is -2.15. The number of aryl methyl sites for hydroxylation is 1. The predicted molar refractivity (Wildman–Crippen MR) is 72.4 cm³/mol. The Morgan fingerprint density at radius 3 is 2.89 bits per heavy atom. The molecule has 0 aliphatic carbocycles. The van der Waals surface area contributed by atoms with E-state index >= 15 is 0 Å². The molecule has 106 valence electrons. The average molecular weight is 309 g/mol. The first-order valence-electron chi connectivity index (χ1n) is 6.02. The maximum Gasteiger partial charge on any atom is 0.262 e. The Morgan fingerprint density at radius 2 is 2.37 bits per heavy atom. The number of thiophene rings is 1. The van der Waals surface area contributed by atoms with Crippen LogP contribution in [0.3, 0.4) is 0 Å². The van der Waals surface area contributed by atoms with Gasteiger partial charge in [-0.3, -0.25) is 9.69 Å². The number of halogens is 3. The highest BCUT2D eigenvalue weighted by Crippen LogP contribution is 2.27. The zero-order valence-electron chi connectivity index (χ0n) is 10.5. The first-order valence-corrected chi connectivity index (χ1v) is 7.21. The molecule has 0 bridgehead atoms. The summed E-state index contributed by atoms with van der Waals surface area (Å²) in [5, 5.41) is 3.15. The van der Waals surface area contributed by atoms with E-state index in [-0.39, 0.29) is 18.9 Å². The number of likely N-dealkylation sites (tertiary alicyclic amines) is 1. The molecule has 1 fully saturated rings. The van der Waals surface area contributed by atoms with E-state index in [4.69, 9.17) is 11.6 Å². The molecule has 7 heteroatoms. The van der Waals surface area contributed by atoms with E-state index in [1.165, 1.54) is 11.3 Å². The Balaban J connectivity index is 1.77. The number of alkyl halides is 2. The second-order valence-electron chi connectivity index (χ2n) is 4.67. The van der Waals surface area contributed by atoms with Gasteiger partial charge in [-0.15, -0.1) is 11.3 Å². The van der Waals surface area contributed by atoms with Crippen LogP contribution in [0.4, 0.5) is 8.78 Å². The summed E-state index contributed by atoms with van der Waals surface area (Å²) in [4.78, 5) is 14.9. The molecule has 0 radical (unpaired) electrons. The maximum absolute atomic E-state index is 13.0. The highest BCUT2D eigenvalue weighted by Gasteiger charge is 2.37. The van der Waals surface area contributed by atoms with E-state index in [0.717, 1.165) is 4.88 Å². The number of hydrogen-bond acceptors (Lipinski definition) is 3. The van der Waals surface area contributed by atoms with Crippen molar-refractivity contribution in [2.45, 2.75) is 19.3 Å². The maximum atomic E-state index is 13.0. The van der Waals surface area contributed by atoms with Crippen molar-refractivity contribution >= 4 is 28.8 Å². The predicted octanol–water partition coefficient (Wildman–Crippen LogP) is 2.78. The van der Waals surface area contributed by atoms with Gasteiger partial charge in [0, 0.05) is 30.9 Å². The van der Waals surface area contributed by atoms with Gasteiger partial charge in [-0.2, -0.15) is 0 Å². The van der Waals surface area contributed by atoms with Crippen LogP contribution in [0.5, 0.6) is 0 Å². The van der Waals surface area contributed by atoms with Gasteiger partial charge in [0.2, 0.25) is 0 Å². The number of carbonyl (C=O) groups excluding carboxylic acids is 1. The van der Waals surface area contributed by atoms with Gasteiger partial charge in [0.25, 0.3) is 11.8 Å². The van der Waals surface area contributed by atoms with Gasteiger partial charge in [-0.05, 0) is 13.0 Å². The summed E-state index contributed by atoms with van der Waals surface area (Å²) in [6, 6.07) is 1.74. The number of rotatable bonds is 4. The minimum atomic E-state index is -2.59. The third-order valence-corrected chi connectivity index (χ3v) is 4.44. The zero-order valence-corrected chi connectivity index (χ0v) is 12.1. The normalized spacial score (nSPS) is 18.7. The van der Waals surface area contributed by atoms with Crippen LogP contribution in [-0.2, 0) is 0 Å². The van der Waals surface area contributed by atoms with E-state index in [2.05, 4.69) is 5.32 Å². The van der Waals surface area contributed by atoms with Crippen molar-refractivity contribution in [3.8, 4) is 0 Å². The highest BCUT2D eigenvalue weighted by atomic mass is 35.5. The summed E-state index contributed by atoms with van der Waals surface area (Å²) in [6.45, 7) is 2.81. The fraction of sp³-hybridized carbons (Fsp3) is 0.583. The van der Waals surface area contributed by atoms with Crippen molar-refractivity contribution in [1.82, 2.24) is 10.2 Å². The molecular weight excluding hydrogens is 294 g/mol. The fourth-order valence-electron chi connectivity index (χ4n) is 2.04. The lowest BCUT2D eigenvalue weighted by atomic mass is 10.3. The van der Waals surface area contributed by atoms with E-state index in [1.807, 2.05) is 6.92 Å². The van der Waals surface area contributed by atoms with Gasteiger partial charge in [0.1, 0.15) is 4.88 Å². The summed E-state index contributed by atoms with van der Waals surface area (Å²) in [7, 11) is 0. The summed E-state index contributed by atoms with van der Waals surface area (Å²) < 4.78 is 25.9. The van der Waals surface area contributed by atoms with E-state index in [0.29, 0.717) is 29.5 Å². The number of carbonyl (C=O) groups is 1. The van der Waals surface area contributed by atoms with Crippen molar-refractivity contribution < 1.29 is 13.6 Å². The van der Waals surface area contributed by atoms with Crippen LogP contribution < -0.4 is 5.32 Å². The molecule has 0 spiro atoms. The summed E-state index contributed by atoms with van der Waals surface area (Å²) >= 11 is 7.25. The molecule has 0 unspecified atom stereocenters. The highest BCUT2D eigenvalue weighted by molar-refractivity contribution is 7.14. The molecule has 1 aromatic rings. The largest absolute Gasteiger partial charge is 0.350 e. The Bertz CT molecular complexity index is 478. The van der Waals surface area contributed by atoms with E-state index in [9.17, 15) is 13.6 Å². The third kappa shape index (κ3) is 3.87. The van der Waals surface area contributed by atoms with Crippen LogP contribution in [-0.4, -0.2) is 42.9 Å². The topological polar surface area (TPSA) is 32.3 Å². The van der Waals surface area contributed by atoms with Crippen LogP contribution in [0.2, 0.25) is 5.02 Å². The number of nitrogens with one attached hydrogen (secondary N) is 1. The summed E-state index contributed by atoms with van der Waals surface area (Å²) in [6.07, 6.45) is -0.100. The van der Waals surface area contributed by atoms with Crippen LogP contribution in [0.1, 0.15) is 21.0 Å². The van der Waals surface area contributed by atoms with Gasteiger partial charge in [-0.25, -0.2) is 8.78 Å². The quantitative estimate of drug-likeness (QED) is 0.927. The average Bonchev–Trinajstić information content (AvgIpc) is 2.81. The van der Waals surface area contributed by atoms with Crippen LogP contribution >= 0.6 is 22.9 Å². The van der Waals surface area contributed by atoms with E-state index < -0.39 is 5.92 Å². The zero-order chi connectivity index (χ0) is 14.0. The van der Waals surface area contributed by atoms with Crippen molar-refractivity contribution in [1.29, 1.82) is 0 Å². The van der Waals surface area contributed by atoms with Crippen LogP contribution in [0.15, 0.2) is 6.07 Å². The van der Waals surface area contributed by atoms with Crippen molar-refractivity contribution in [3.05, 3.63) is 20.8 Å². The SMILES string of the molecule is Cc1cc(Cl)c(C(=O)NCCN2CCC(F)(F)C2)s1. The Kier molecular flexibility index (Phi) is 4.43. The molecule has 1 N–H and O–H groups in total. The van der Waals surface area contributed by atoms with Gasteiger partial charge >= 0.3 is 0 Å². The molecule has 3 nitrogen and oxygen atoms in total. The molecule has 1 aromatic heterocycles. The second kappa shape index (κ2) is 5.73. The minimum Gasteiger partial charge on any atom is -0.350 e. The molecular formula is C12H15ClF2N2OS. The van der Waals surface area contributed by atoms with Crippen molar-refractivity contribution in [2.24, 2.45) is 0 Å². The monoisotopic (exact) mass is 308 g/mol. The number of nitrogens with zero attached hydrogens (tertiary/aromatic N) is 1. The minimum absolute atomic E-state index is 0.100. The van der Waals surface area contributed by atoms with E-state index in [1.54, 1.807) is 11.0 Å².